The van der Waals surface area contributed by atoms with Crippen molar-refractivity contribution in [2.75, 3.05) is 18.6 Å². The van der Waals surface area contributed by atoms with Gasteiger partial charge in [-0.05, 0) is 31.2 Å². The molecule has 0 amide bonds. The molecular formula is C9H12N2S. The van der Waals surface area contributed by atoms with Crippen molar-refractivity contribution in [3.8, 4) is 0 Å². The van der Waals surface area contributed by atoms with Crippen molar-refractivity contribution in [2.24, 2.45) is 4.99 Å². The smallest absolute Gasteiger partial charge is 0.0759 e. The van der Waals surface area contributed by atoms with Crippen molar-refractivity contribution in [1.82, 2.24) is 0 Å². The summed E-state index contributed by atoms with van der Waals surface area (Å²) >= 11 is 1.68. The summed E-state index contributed by atoms with van der Waals surface area (Å²) in [6.07, 6.45) is 2.03. The molecule has 3 heteroatoms. The van der Waals surface area contributed by atoms with Gasteiger partial charge in [0.15, 0.2) is 0 Å². The highest BCUT2D eigenvalue weighted by Gasteiger charge is 1.99. The molecule has 0 saturated carbocycles. The van der Waals surface area contributed by atoms with Gasteiger partial charge in [-0.3, -0.25) is 4.99 Å². The summed E-state index contributed by atoms with van der Waals surface area (Å²) in [7, 11) is 1.90. The Balaban J connectivity index is 3.10. The van der Waals surface area contributed by atoms with Crippen LogP contribution in [0.15, 0.2) is 28.1 Å². The molecule has 0 aliphatic heterocycles. The average molecular weight is 180 g/mol. The van der Waals surface area contributed by atoms with E-state index in [2.05, 4.69) is 23.1 Å². The molecule has 0 atom stereocenters. The lowest BCUT2D eigenvalue weighted by molar-refractivity contribution is 1.37. The lowest BCUT2D eigenvalue weighted by atomic mass is 10.3. The van der Waals surface area contributed by atoms with Gasteiger partial charge in [0.25, 0.3) is 0 Å². The monoisotopic (exact) mass is 180 g/mol. The minimum absolute atomic E-state index is 0.946. The van der Waals surface area contributed by atoms with E-state index in [1.54, 1.807) is 11.8 Å². The van der Waals surface area contributed by atoms with Crippen molar-refractivity contribution in [1.29, 1.82) is 0 Å². The van der Waals surface area contributed by atoms with E-state index in [0.717, 1.165) is 16.3 Å². The van der Waals surface area contributed by atoms with Crippen LogP contribution in [-0.2, 0) is 0 Å². The van der Waals surface area contributed by atoms with Gasteiger partial charge in [-0.25, -0.2) is 0 Å². The fourth-order valence-electron chi connectivity index (χ4n) is 0.964. The van der Waals surface area contributed by atoms with Gasteiger partial charge in [0, 0.05) is 17.6 Å². The molecule has 64 valence electrons. The van der Waals surface area contributed by atoms with Gasteiger partial charge >= 0.3 is 0 Å². The maximum atomic E-state index is 3.92. The van der Waals surface area contributed by atoms with Gasteiger partial charge in [0.2, 0.25) is 0 Å². The maximum Gasteiger partial charge on any atom is 0.0759 e. The Kier molecular flexibility index (Phi) is 3.17. The summed E-state index contributed by atoms with van der Waals surface area (Å²) < 4.78 is 0. The van der Waals surface area contributed by atoms with Crippen LogP contribution in [-0.4, -0.2) is 20.0 Å². The van der Waals surface area contributed by atoms with Crippen molar-refractivity contribution in [3.05, 3.63) is 18.2 Å². The molecule has 1 rings (SSSR count). The summed E-state index contributed by atoms with van der Waals surface area (Å²) in [6.45, 7) is 3.51. The van der Waals surface area contributed by atoms with Crippen LogP contribution in [0.5, 0.6) is 0 Å². The normalized spacial score (nSPS) is 9.50. The molecule has 0 spiro atoms. The number of hydrogen-bond donors (Lipinski definition) is 1. The van der Waals surface area contributed by atoms with Crippen LogP contribution in [0, 0.1) is 0 Å². The van der Waals surface area contributed by atoms with E-state index < -0.39 is 0 Å². The number of hydrogen-bond acceptors (Lipinski definition) is 3. The largest absolute Gasteiger partial charge is 0.388 e. The topological polar surface area (TPSA) is 24.4 Å². The lowest BCUT2D eigenvalue weighted by Crippen LogP contribution is -1.87. The molecule has 12 heavy (non-hydrogen) atoms. The zero-order chi connectivity index (χ0) is 8.97. The molecule has 0 fully saturated rings. The van der Waals surface area contributed by atoms with Crippen LogP contribution < -0.4 is 5.32 Å². The highest BCUT2D eigenvalue weighted by atomic mass is 32.2. The minimum Gasteiger partial charge on any atom is -0.388 e. The first-order valence-corrected chi connectivity index (χ1v) is 4.86. The number of thioether (sulfide) groups is 1. The molecule has 1 N–H and O–H groups in total. The average Bonchev–Trinajstić information content (AvgIpc) is 2.16. The van der Waals surface area contributed by atoms with Gasteiger partial charge in [-0.15, -0.1) is 11.8 Å². The van der Waals surface area contributed by atoms with Gasteiger partial charge in [-0.1, -0.05) is 0 Å². The standard InChI is InChI=1S/C9H12N2S/c1-10-7-4-5-8(11-2)9(6-7)12-3/h4-6,10H,2H2,1,3H3. The second-order valence-corrected chi connectivity index (χ2v) is 3.14. The summed E-state index contributed by atoms with van der Waals surface area (Å²) in [6, 6.07) is 6.02. The zero-order valence-corrected chi connectivity index (χ0v) is 8.11. The summed E-state index contributed by atoms with van der Waals surface area (Å²) in [5.74, 6) is 0. The highest BCUT2D eigenvalue weighted by Crippen LogP contribution is 2.29. The first-order valence-electron chi connectivity index (χ1n) is 3.64. The number of nitrogens with one attached hydrogen (secondary N) is 1. The fraction of sp³-hybridized carbons (Fsp3) is 0.222. The highest BCUT2D eigenvalue weighted by molar-refractivity contribution is 7.98. The molecule has 0 aromatic heterocycles. The summed E-state index contributed by atoms with van der Waals surface area (Å²) in [5.41, 5.74) is 2.05. The first kappa shape index (κ1) is 9.13. The minimum atomic E-state index is 0.946. The third-order valence-electron chi connectivity index (χ3n) is 1.64. The van der Waals surface area contributed by atoms with Gasteiger partial charge in [0.1, 0.15) is 0 Å². The Labute approximate surface area is 77.1 Å². The second kappa shape index (κ2) is 4.16. The third kappa shape index (κ3) is 1.80. The predicted octanol–water partition coefficient (Wildman–Crippen LogP) is 2.78. The fourth-order valence-corrected chi connectivity index (χ4v) is 1.55. The Morgan fingerprint density at radius 1 is 1.50 bits per heavy atom. The van der Waals surface area contributed by atoms with Crippen LogP contribution in [0.4, 0.5) is 11.4 Å². The molecule has 1 aromatic rings. The Morgan fingerprint density at radius 2 is 2.25 bits per heavy atom. The van der Waals surface area contributed by atoms with Crippen molar-refractivity contribution >= 4 is 29.9 Å². The summed E-state index contributed by atoms with van der Waals surface area (Å²) in [5, 5.41) is 3.08. The first-order chi connectivity index (χ1) is 5.81. The van der Waals surface area contributed by atoms with E-state index in [4.69, 9.17) is 0 Å². The van der Waals surface area contributed by atoms with E-state index in [0.29, 0.717) is 0 Å². The Hall–Kier alpha value is -0.960. The van der Waals surface area contributed by atoms with E-state index >= 15 is 0 Å². The van der Waals surface area contributed by atoms with Crippen molar-refractivity contribution in [3.63, 3.8) is 0 Å². The molecule has 0 aliphatic carbocycles. The van der Waals surface area contributed by atoms with Crippen LogP contribution in [0.3, 0.4) is 0 Å². The molecule has 0 aliphatic rings. The van der Waals surface area contributed by atoms with E-state index in [9.17, 15) is 0 Å². The molecule has 0 saturated heterocycles. The van der Waals surface area contributed by atoms with Crippen molar-refractivity contribution < 1.29 is 0 Å². The van der Waals surface area contributed by atoms with Crippen LogP contribution in [0.25, 0.3) is 0 Å². The van der Waals surface area contributed by atoms with E-state index in [-0.39, 0.29) is 0 Å². The van der Waals surface area contributed by atoms with Crippen molar-refractivity contribution in [2.45, 2.75) is 4.90 Å². The molecular weight excluding hydrogens is 168 g/mol. The van der Waals surface area contributed by atoms with Gasteiger partial charge in [-0.2, -0.15) is 0 Å². The molecule has 0 radical (unpaired) electrons. The number of benzene rings is 1. The predicted molar refractivity (Wildman–Crippen MR) is 57.0 cm³/mol. The SMILES string of the molecule is C=Nc1ccc(NC)cc1SC. The summed E-state index contributed by atoms with van der Waals surface area (Å²) in [4.78, 5) is 5.07. The molecule has 0 unspecified atom stereocenters. The second-order valence-electron chi connectivity index (χ2n) is 2.29. The van der Waals surface area contributed by atoms with Crippen LogP contribution >= 0.6 is 11.8 Å². The number of aliphatic imine (C=N–C) groups is 1. The van der Waals surface area contributed by atoms with Crippen LogP contribution in [0.1, 0.15) is 0 Å². The number of nitrogens with zero attached hydrogens (tertiary/aromatic N) is 1. The Morgan fingerprint density at radius 3 is 2.75 bits per heavy atom. The van der Waals surface area contributed by atoms with Crippen LogP contribution in [0.2, 0.25) is 0 Å². The van der Waals surface area contributed by atoms with E-state index in [1.165, 1.54) is 0 Å². The lowest BCUT2D eigenvalue weighted by Gasteiger charge is -2.04. The molecule has 0 bridgehead atoms. The Bertz CT molecular complexity index is 284. The zero-order valence-electron chi connectivity index (χ0n) is 7.29. The molecule has 2 nitrogen and oxygen atoms in total. The number of rotatable bonds is 3. The maximum absolute atomic E-state index is 3.92. The number of anilines is 1. The van der Waals surface area contributed by atoms with Gasteiger partial charge < -0.3 is 5.32 Å². The van der Waals surface area contributed by atoms with Gasteiger partial charge in [0.05, 0.1) is 5.69 Å². The quantitative estimate of drug-likeness (QED) is 0.571. The molecule has 0 heterocycles. The van der Waals surface area contributed by atoms with E-state index in [1.807, 2.05) is 25.4 Å². The molecule has 1 aromatic carbocycles. The third-order valence-corrected chi connectivity index (χ3v) is 2.41.